The topological polar surface area (TPSA) is 58.6 Å². The van der Waals surface area contributed by atoms with Crippen LogP contribution in [0.4, 0.5) is 0 Å². The second-order valence-corrected chi connectivity index (χ2v) is 8.30. The number of hydrogen-bond acceptors (Lipinski definition) is 5. The van der Waals surface area contributed by atoms with Gasteiger partial charge < -0.3 is 15.2 Å². The van der Waals surface area contributed by atoms with Crippen LogP contribution in [0, 0.1) is 0 Å². The molecule has 0 aliphatic carbocycles. The van der Waals surface area contributed by atoms with Crippen molar-refractivity contribution in [2.24, 2.45) is 0 Å². The highest BCUT2D eigenvalue weighted by molar-refractivity contribution is 7.11. The molecule has 0 fully saturated rings. The number of benzene rings is 2. The Bertz CT molecular complexity index is 1030. The zero-order valence-electron chi connectivity index (χ0n) is 15.4. The van der Waals surface area contributed by atoms with E-state index in [1.54, 1.807) is 18.2 Å². The van der Waals surface area contributed by atoms with Gasteiger partial charge >= 0.3 is 0 Å². The summed E-state index contributed by atoms with van der Waals surface area (Å²) in [6.45, 7) is 0.0620. The first-order valence-electron chi connectivity index (χ1n) is 9.07. The van der Waals surface area contributed by atoms with Gasteiger partial charge in [-0.2, -0.15) is 0 Å². The lowest BCUT2D eigenvalue weighted by Gasteiger charge is -2.26. The van der Waals surface area contributed by atoms with Crippen LogP contribution in [-0.2, 0) is 5.60 Å². The Morgan fingerprint density at radius 1 is 0.862 bits per heavy atom. The summed E-state index contributed by atoms with van der Waals surface area (Å²) in [6, 6.07) is 23.9. The van der Waals surface area contributed by atoms with Crippen molar-refractivity contribution < 1.29 is 14.6 Å². The maximum absolute atomic E-state index is 12.9. The Morgan fingerprint density at radius 2 is 1.48 bits per heavy atom. The summed E-state index contributed by atoms with van der Waals surface area (Å²) in [5, 5.41) is 18.1. The van der Waals surface area contributed by atoms with Gasteiger partial charge in [0.2, 0.25) is 0 Å². The Morgan fingerprint density at radius 3 is 2.10 bits per heavy atom. The molecule has 29 heavy (non-hydrogen) atoms. The van der Waals surface area contributed by atoms with Gasteiger partial charge in [0.15, 0.2) is 0 Å². The van der Waals surface area contributed by atoms with E-state index >= 15 is 0 Å². The Kier molecular flexibility index (Phi) is 5.76. The third-order valence-electron chi connectivity index (χ3n) is 4.47. The molecule has 2 heterocycles. The van der Waals surface area contributed by atoms with Gasteiger partial charge in [-0.1, -0.05) is 42.5 Å². The molecule has 2 N–H and O–H groups in total. The van der Waals surface area contributed by atoms with Gasteiger partial charge in [0.1, 0.15) is 17.1 Å². The quantitative estimate of drug-likeness (QED) is 0.427. The fourth-order valence-corrected chi connectivity index (χ4v) is 4.73. The van der Waals surface area contributed by atoms with Gasteiger partial charge in [0.25, 0.3) is 5.91 Å². The minimum Gasteiger partial charge on any atom is -0.457 e. The van der Waals surface area contributed by atoms with Gasteiger partial charge in [0.05, 0.1) is 12.1 Å². The lowest BCUT2D eigenvalue weighted by molar-refractivity contribution is 0.0738. The second-order valence-electron chi connectivity index (χ2n) is 6.41. The molecule has 0 unspecified atom stereocenters. The molecule has 1 amide bonds. The third kappa shape index (κ3) is 4.24. The maximum atomic E-state index is 12.9. The summed E-state index contributed by atoms with van der Waals surface area (Å²) in [7, 11) is 0. The SMILES string of the molecule is O=C(NCC(O)(c1cccs1)c1cccs1)c1ccccc1Oc1ccccc1. The standard InChI is InChI=1S/C23H19NO3S2/c25-22(18-10-4-5-11-19(18)27-17-8-2-1-3-9-17)24-16-23(26,20-12-6-14-28-20)21-13-7-15-29-21/h1-15,26H,16H2,(H,24,25). The maximum Gasteiger partial charge on any atom is 0.255 e. The number of thiophene rings is 2. The Hall–Kier alpha value is -2.93. The zero-order chi connectivity index (χ0) is 20.1. The van der Waals surface area contributed by atoms with E-state index in [1.807, 2.05) is 71.4 Å². The highest BCUT2D eigenvalue weighted by atomic mass is 32.1. The van der Waals surface area contributed by atoms with Crippen molar-refractivity contribution in [2.45, 2.75) is 5.60 Å². The average Bonchev–Trinajstić information content (AvgIpc) is 3.48. The molecule has 0 radical (unpaired) electrons. The van der Waals surface area contributed by atoms with Crippen molar-refractivity contribution in [2.75, 3.05) is 6.54 Å². The molecule has 0 atom stereocenters. The molecule has 0 spiro atoms. The average molecular weight is 422 g/mol. The van der Waals surface area contributed by atoms with Crippen molar-refractivity contribution in [3.8, 4) is 11.5 Å². The van der Waals surface area contributed by atoms with E-state index in [9.17, 15) is 9.90 Å². The van der Waals surface area contributed by atoms with Crippen LogP contribution in [0.25, 0.3) is 0 Å². The molecule has 4 nitrogen and oxygen atoms in total. The number of para-hydroxylation sites is 2. The smallest absolute Gasteiger partial charge is 0.255 e. The summed E-state index contributed by atoms with van der Waals surface area (Å²) in [5.74, 6) is 0.816. The van der Waals surface area contributed by atoms with E-state index in [-0.39, 0.29) is 12.5 Å². The van der Waals surface area contributed by atoms with E-state index in [4.69, 9.17) is 4.74 Å². The number of ether oxygens (including phenoxy) is 1. The normalized spacial score (nSPS) is 11.2. The van der Waals surface area contributed by atoms with Crippen LogP contribution in [0.15, 0.2) is 89.6 Å². The number of carbonyl (C=O) groups is 1. The van der Waals surface area contributed by atoms with E-state index in [1.165, 1.54) is 22.7 Å². The fraction of sp³-hybridized carbons (Fsp3) is 0.0870. The predicted molar refractivity (Wildman–Crippen MR) is 117 cm³/mol. The number of rotatable bonds is 7. The number of hydrogen-bond donors (Lipinski definition) is 2. The number of aliphatic hydroxyl groups is 1. The van der Waals surface area contributed by atoms with Crippen LogP contribution in [0.1, 0.15) is 20.1 Å². The molecule has 0 aliphatic heterocycles. The van der Waals surface area contributed by atoms with Crippen LogP contribution in [-0.4, -0.2) is 17.6 Å². The van der Waals surface area contributed by atoms with Crippen LogP contribution in [0.2, 0.25) is 0 Å². The number of nitrogens with one attached hydrogen (secondary N) is 1. The largest absolute Gasteiger partial charge is 0.457 e. The Labute approximate surface area is 177 Å². The van der Waals surface area contributed by atoms with E-state index in [0.717, 1.165) is 9.75 Å². The van der Waals surface area contributed by atoms with E-state index in [0.29, 0.717) is 17.1 Å². The van der Waals surface area contributed by atoms with Gasteiger partial charge in [0, 0.05) is 9.75 Å². The molecule has 2 aromatic carbocycles. The van der Waals surface area contributed by atoms with Gasteiger partial charge in [-0.3, -0.25) is 4.79 Å². The lowest BCUT2D eigenvalue weighted by Crippen LogP contribution is -2.40. The molecule has 0 bridgehead atoms. The minimum atomic E-state index is -1.27. The zero-order valence-corrected chi connectivity index (χ0v) is 17.1. The summed E-state index contributed by atoms with van der Waals surface area (Å²) in [5.41, 5.74) is -0.858. The monoisotopic (exact) mass is 421 g/mol. The van der Waals surface area contributed by atoms with Crippen LogP contribution in [0.5, 0.6) is 11.5 Å². The highest BCUT2D eigenvalue weighted by Gasteiger charge is 2.34. The second kappa shape index (κ2) is 8.61. The molecular formula is C23H19NO3S2. The molecule has 0 aliphatic rings. The van der Waals surface area contributed by atoms with Gasteiger partial charge in [-0.05, 0) is 47.2 Å². The summed E-state index contributed by atoms with van der Waals surface area (Å²) in [6.07, 6.45) is 0. The fourth-order valence-electron chi connectivity index (χ4n) is 2.99. The van der Waals surface area contributed by atoms with Crippen molar-refractivity contribution in [1.29, 1.82) is 0 Å². The van der Waals surface area contributed by atoms with Crippen molar-refractivity contribution >= 4 is 28.6 Å². The summed E-state index contributed by atoms with van der Waals surface area (Å²) in [4.78, 5) is 14.5. The first kappa shape index (κ1) is 19.4. The van der Waals surface area contributed by atoms with Gasteiger partial charge in [-0.25, -0.2) is 0 Å². The van der Waals surface area contributed by atoms with Crippen molar-refractivity contribution in [3.63, 3.8) is 0 Å². The summed E-state index contributed by atoms with van der Waals surface area (Å²) < 4.78 is 5.89. The van der Waals surface area contributed by atoms with Crippen LogP contribution < -0.4 is 10.1 Å². The van der Waals surface area contributed by atoms with Crippen molar-refractivity contribution in [1.82, 2.24) is 5.32 Å². The molecule has 4 aromatic rings. The first-order valence-corrected chi connectivity index (χ1v) is 10.8. The van der Waals surface area contributed by atoms with E-state index < -0.39 is 5.60 Å². The molecule has 0 saturated heterocycles. The molecule has 0 saturated carbocycles. The molecule has 2 aromatic heterocycles. The number of carbonyl (C=O) groups excluding carboxylic acids is 1. The molecule has 4 rings (SSSR count). The van der Waals surface area contributed by atoms with Crippen LogP contribution >= 0.6 is 22.7 Å². The molecule has 6 heteroatoms. The van der Waals surface area contributed by atoms with Crippen molar-refractivity contribution in [3.05, 3.63) is 105 Å². The predicted octanol–water partition coefficient (Wildman–Crippen LogP) is 5.27. The molecule has 146 valence electrons. The highest BCUT2D eigenvalue weighted by Crippen LogP contribution is 2.35. The molecular weight excluding hydrogens is 402 g/mol. The summed E-state index contributed by atoms with van der Waals surface area (Å²) >= 11 is 2.92. The third-order valence-corrected chi connectivity index (χ3v) is 6.51. The minimum absolute atomic E-state index is 0.0620. The number of amides is 1. The van der Waals surface area contributed by atoms with E-state index in [2.05, 4.69) is 5.32 Å². The first-order chi connectivity index (χ1) is 14.2. The van der Waals surface area contributed by atoms with Crippen LogP contribution in [0.3, 0.4) is 0 Å². The Balaban J connectivity index is 1.55. The van der Waals surface area contributed by atoms with Gasteiger partial charge in [-0.15, -0.1) is 22.7 Å². The lowest BCUT2D eigenvalue weighted by atomic mass is 9.99.